The standard InChI is InChI=1S/C22H25ClN10S/c1-12-11-34-18-17(12)27-20(23)28-19(18)33-21(24)29-22(30-33)26-14-3-6-16(25-9-14)32-8-7-31(10-13(32)2)15-4-5-15/h3,6,9,11,13,15H,4-5,7-8,10H2,1-2H3,(H3,24,26,29,30). The number of halogens is 1. The number of nitrogen functional groups attached to an aromatic ring is 1. The Hall–Kier alpha value is -3.02. The van der Waals surface area contributed by atoms with Crippen LogP contribution >= 0.6 is 22.9 Å². The van der Waals surface area contributed by atoms with Gasteiger partial charge in [0.2, 0.25) is 17.2 Å². The smallest absolute Gasteiger partial charge is 0.248 e. The molecule has 1 atom stereocenters. The molecule has 0 radical (unpaired) electrons. The third-order valence-corrected chi connectivity index (χ3v) is 7.65. The van der Waals surface area contributed by atoms with Crippen LogP contribution in [0.5, 0.6) is 0 Å². The summed E-state index contributed by atoms with van der Waals surface area (Å²) in [5.41, 5.74) is 8.77. The van der Waals surface area contributed by atoms with Crippen LogP contribution in [-0.4, -0.2) is 66.3 Å². The number of thiophene rings is 1. The molecule has 10 nitrogen and oxygen atoms in total. The molecule has 5 heterocycles. The van der Waals surface area contributed by atoms with Crippen molar-refractivity contribution in [3.8, 4) is 5.82 Å². The van der Waals surface area contributed by atoms with Gasteiger partial charge in [0.1, 0.15) is 5.82 Å². The average Bonchev–Trinajstić information content (AvgIpc) is 3.52. The fraction of sp³-hybridized carbons (Fsp3) is 0.409. The Balaban J connectivity index is 1.20. The molecule has 1 saturated heterocycles. The first-order chi connectivity index (χ1) is 16.5. The van der Waals surface area contributed by atoms with Crippen LogP contribution in [0.15, 0.2) is 23.7 Å². The van der Waals surface area contributed by atoms with Crippen LogP contribution in [0.1, 0.15) is 25.3 Å². The quantitative estimate of drug-likeness (QED) is 0.400. The highest BCUT2D eigenvalue weighted by Crippen LogP contribution is 2.32. The van der Waals surface area contributed by atoms with Gasteiger partial charge in [-0.1, -0.05) is 0 Å². The first kappa shape index (κ1) is 21.5. The van der Waals surface area contributed by atoms with E-state index in [1.54, 1.807) is 6.20 Å². The second-order valence-electron chi connectivity index (χ2n) is 8.92. The van der Waals surface area contributed by atoms with Crippen molar-refractivity contribution in [1.29, 1.82) is 0 Å². The van der Waals surface area contributed by atoms with Gasteiger partial charge in [-0.25, -0.2) is 9.97 Å². The molecule has 0 amide bonds. The summed E-state index contributed by atoms with van der Waals surface area (Å²) in [7, 11) is 0. The van der Waals surface area contributed by atoms with Crippen LogP contribution in [0.4, 0.5) is 23.4 Å². The fourth-order valence-electron chi connectivity index (χ4n) is 4.52. The highest BCUT2D eigenvalue weighted by molar-refractivity contribution is 7.17. The first-order valence-electron chi connectivity index (χ1n) is 11.3. The molecule has 0 bridgehead atoms. The Morgan fingerprint density at radius 1 is 1.18 bits per heavy atom. The molecule has 12 heteroatoms. The second-order valence-corrected chi connectivity index (χ2v) is 10.1. The molecule has 1 aliphatic carbocycles. The van der Waals surface area contributed by atoms with Crippen LogP contribution in [0, 0.1) is 6.92 Å². The molecule has 176 valence electrons. The molecule has 4 aromatic rings. The first-order valence-corrected chi connectivity index (χ1v) is 12.6. The lowest BCUT2D eigenvalue weighted by molar-refractivity contribution is 0.219. The number of piperazine rings is 1. The van der Waals surface area contributed by atoms with Crippen molar-refractivity contribution in [2.75, 3.05) is 35.6 Å². The molecule has 1 aliphatic heterocycles. The van der Waals surface area contributed by atoms with Gasteiger partial charge in [0.25, 0.3) is 0 Å². The molecule has 1 saturated carbocycles. The van der Waals surface area contributed by atoms with Crippen molar-refractivity contribution < 1.29 is 0 Å². The van der Waals surface area contributed by atoms with Crippen LogP contribution in [0.2, 0.25) is 5.28 Å². The normalized spacial score (nSPS) is 19.1. The van der Waals surface area contributed by atoms with E-state index in [-0.39, 0.29) is 11.2 Å². The van der Waals surface area contributed by atoms with Gasteiger partial charge >= 0.3 is 0 Å². The molecule has 1 unspecified atom stereocenters. The van der Waals surface area contributed by atoms with E-state index in [1.165, 1.54) is 28.9 Å². The maximum absolute atomic E-state index is 6.17. The minimum atomic E-state index is 0.139. The van der Waals surface area contributed by atoms with Crippen LogP contribution < -0.4 is 16.0 Å². The summed E-state index contributed by atoms with van der Waals surface area (Å²) in [6, 6.07) is 5.27. The number of hydrogen-bond acceptors (Lipinski definition) is 10. The van der Waals surface area contributed by atoms with Crippen LogP contribution in [0.3, 0.4) is 0 Å². The minimum absolute atomic E-state index is 0.139. The maximum atomic E-state index is 6.17. The Morgan fingerprint density at radius 3 is 2.76 bits per heavy atom. The number of fused-ring (bicyclic) bond motifs is 1. The van der Waals surface area contributed by atoms with Gasteiger partial charge in [0.15, 0.2) is 5.82 Å². The fourth-order valence-corrected chi connectivity index (χ4v) is 5.65. The summed E-state index contributed by atoms with van der Waals surface area (Å²) in [4.78, 5) is 22.7. The maximum Gasteiger partial charge on any atom is 0.248 e. The van der Waals surface area contributed by atoms with Crippen LogP contribution in [-0.2, 0) is 0 Å². The van der Waals surface area contributed by atoms with Gasteiger partial charge in [-0.05, 0) is 61.4 Å². The van der Waals surface area contributed by atoms with Gasteiger partial charge in [0, 0.05) is 31.7 Å². The van der Waals surface area contributed by atoms with Gasteiger partial charge < -0.3 is 16.0 Å². The Morgan fingerprint density at radius 2 is 2.03 bits per heavy atom. The van der Waals surface area contributed by atoms with E-state index in [2.05, 4.69) is 42.1 Å². The number of nitrogens with zero attached hydrogens (tertiary/aromatic N) is 8. The van der Waals surface area contributed by atoms with Gasteiger partial charge in [-0.15, -0.1) is 16.4 Å². The van der Waals surface area contributed by atoms with E-state index in [9.17, 15) is 0 Å². The highest BCUT2D eigenvalue weighted by atomic mass is 35.5. The number of aryl methyl sites for hydroxylation is 1. The number of pyridine rings is 1. The molecule has 0 aromatic carbocycles. The molecular weight excluding hydrogens is 472 g/mol. The van der Waals surface area contributed by atoms with E-state index in [0.29, 0.717) is 17.8 Å². The van der Waals surface area contributed by atoms with E-state index in [0.717, 1.165) is 53.0 Å². The SMILES string of the molecule is Cc1csc2c(-n3nc(Nc4ccc(N5CCN(C6CC6)CC5C)nc4)nc3N)nc(Cl)nc12. The number of nitrogens with two attached hydrogens (primary N) is 1. The van der Waals surface area contributed by atoms with Crippen LogP contribution in [0.25, 0.3) is 16.0 Å². The molecule has 6 rings (SSSR count). The minimum Gasteiger partial charge on any atom is -0.368 e. The largest absolute Gasteiger partial charge is 0.368 e. The summed E-state index contributed by atoms with van der Waals surface area (Å²) in [6.45, 7) is 7.44. The topological polar surface area (TPSA) is 114 Å². The van der Waals surface area contributed by atoms with E-state index >= 15 is 0 Å². The molecule has 34 heavy (non-hydrogen) atoms. The summed E-state index contributed by atoms with van der Waals surface area (Å²) in [6.07, 6.45) is 4.50. The summed E-state index contributed by atoms with van der Waals surface area (Å²) < 4.78 is 2.34. The molecule has 0 spiro atoms. The highest BCUT2D eigenvalue weighted by Gasteiger charge is 2.34. The Kier molecular flexibility index (Phi) is 5.27. The third-order valence-electron chi connectivity index (χ3n) is 6.40. The molecule has 2 aliphatic rings. The van der Waals surface area contributed by atoms with Crippen molar-refractivity contribution in [1.82, 2.24) is 34.6 Å². The Bertz CT molecular complexity index is 1350. The number of anilines is 4. The zero-order chi connectivity index (χ0) is 23.4. The van der Waals surface area contributed by atoms with Crippen molar-refractivity contribution >= 4 is 56.6 Å². The van der Waals surface area contributed by atoms with Crippen molar-refractivity contribution in [3.05, 3.63) is 34.6 Å². The second kappa shape index (κ2) is 8.33. The number of aromatic nitrogens is 6. The summed E-state index contributed by atoms with van der Waals surface area (Å²) >= 11 is 7.68. The van der Waals surface area contributed by atoms with Crippen molar-refractivity contribution in [2.24, 2.45) is 0 Å². The number of hydrogen-bond donors (Lipinski definition) is 2. The molecule has 2 fully saturated rings. The van der Waals surface area contributed by atoms with Gasteiger partial charge in [-0.3, -0.25) is 4.90 Å². The molecular formula is C22H25ClN10S. The van der Waals surface area contributed by atoms with E-state index in [4.69, 9.17) is 22.3 Å². The van der Waals surface area contributed by atoms with E-state index < -0.39 is 0 Å². The number of nitrogens with one attached hydrogen (secondary N) is 1. The zero-order valence-corrected chi connectivity index (χ0v) is 20.5. The predicted molar refractivity (Wildman–Crippen MR) is 135 cm³/mol. The monoisotopic (exact) mass is 496 g/mol. The average molecular weight is 497 g/mol. The Labute approximate surface area is 205 Å². The van der Waals surface area contributed by atoms with Crippen molar-refractivity contribution in [2.45, 2.75) is 38.8 Å². The van der Waals surface area contributed by atoms with Gasteiger partial charge in [-0.2, -0.15) is 14.6 Å². The molecule has 4 aromatic heterocycles. The third kappa shape index (κ3) is 3.93. The summed E-state index contributed by atoms with van der Waals surface area (Å²) in [5, 5.41) is 9.85. The lowest BCUT2D eigenvalue weighted by Gasteiger charge is -2.40. The van der Waals surface area contributed by atoms with E-state index in [1.807, 2.05) is 24.4 Å². The number of rotatable bonds is 5. The lowest BCUT2D eigenvalue weighted by Crippen LogP contribution is -2.52. The van der Waals surface area contributed by atoms with Gasteiger partial charge in [0.05, 0.1) is 22.1 Å². The summed E-state index contributed by atoms with van der Waals surface area (Å²) in [5.74, 6) is 2.06. The predicted octanol–water partition coefficient (Wildman–Crippen LogP) is 3.63. The lowest BCUT2D eigenvalue weighted by atomic mass is 10.2. The van der Waals surface area contributed by atoms with Crippen molar-refractivity contribution in [3.63, 3.8) is 0 Å². The zero-order valence-electron chi connectivity index (χ0n) is 18.9. The molecule has 3 N–H and O–H groups in total.